The standard InChI is InChI=1S/C21H17ClN2O7S/c22-16-9-8-15(11-18(16)32(28,29)23-12-14-5-2-1-3-6-14)21(27)31-13-19(25)24-20(26)17-7-4-10-30-17/h1-11,23H,12-13H2,(H,24,25,26). The van der Waals surface area contributed by atoms with Gasteiger partial charge in [-0.1, -0.05) is 41.9 Å². The van der Waals surface area contributed by atoms with E-state index in [1.165, 1.54) is 30.5 Å². The van der Waals surface area contributed by atoms with Crippen LogP contribution < -0.4 is 10.0 Å². The third-order valence-corrected chi connectivity index (χ3v) is 5.98. The van der Waals surface area contributed by atoms with Crippen LogP contribution in [0.25, 0.3) is 0 Å². The molecule has 0 spiro atoms. The lowest BCUT2D eigenvalue weighted by Crippen LogP contribution is -2.34. The molecule has 11 heteroatoms. The number of esters is 1. The molecule has 0 bridgehead atoms. The maximum absolute atomic E-state index is 12.6. The Labute approximate surface area is 188 Å². The molecule has 0 aliphatic rings. The zero-order valence-corrected chi connectivity index (χ0v) is 18.0. The van der Waals surface area contributed by atoms with E-state index in [0.717, 1.165) is 11.6 Å². The molecule has 9 nitrogen and oxygen atoms in total. The Morgan fingerprint density at radius 1 is 1.00 bits per heavy atom. The smallest absolute Gasteiger partial charge is 0.338 e. The van der Waals surface area contributed by atoms with Crippen LogP contribution in [0.5, 0.6) is 0 Å². The second-order valence-electron chi connectivity index (χ2n) is 6.39. The molecular formula is C21H17ClN2O7S. The highest BCUT2D eigenvalue weighted by atomic mass is 35.5. The number of hydrogen-bond donors (Lipinski definition) is 2. The molecule has 2 aromatic carbocycles. The second-order valence-corrected chi connectivity index (χ2v) is 8.53. The Morgan fingerprint density at radius 2 is 1.75 bits per heavy atom. The summed E-state index contributed by atoms with van der Waals surface area (Å²) >= 11 is 6.02. The number of carbonyl (C=O) groups is 3. The molecule has 0 radical (unpaired) electrons. The van der Waals surface area contributed by atoms with E-state index >= 15 is 0 Å². The van der Waals surface area contributed by atoms with Crippen LogP contribution >= 0.6 is 11.6 Å². The van der Waals surface area contributed by atoms with Gasteiger partial charge < -0.3 is 9.15 Å². The summed E-state index contributed by atoms with van der Waals surface area (Å²) in [5, 5.41) is 1.90. The number of furan rings is 1. The van der Waals surface area contributed by atoms with Crippen molar-refractivity contribution < 1.29 is 32.0 Å². The summed E-state index contributed by atoms with van der Waals surface area (Å²) in [5.41, 5.74) is 0.595. The van der Waals surface area contributed by atoms with Crippen LogP contribution in [-0.2, 0) is 26.1 Å². The Kier molecular flexibility index (Phi) is 7.41. The molecule has 2 N–H and O–H groups in total. The molecular weight excluding hydrogens is 460 g/mol. The van der Waals surface area contributed by atoms with Gasteiger partial charge in [0.05, 0.1) is 16.8 Å². The molecule has 2 amide bonds. The normalized spacial score (nSPS) is 11.0. The average Bonchev–Trinajstić information content (AvgIpc) is 3.32. The predicted octanol–water partition coefficient (Wildman–Crippen LogP) is 2.52. The highest BCUT2D eigenvalue weighted by Crippen LogP contribution is 2.23. The molecule has 1 heterocycles. The lowest BCUT2D eigenvalue weighted by atomic mass is 10.2. The molecule has 0 atom stereocenters. The third kappa shape index (κ3) is 6.03. The van der Waals surface area contributed by atoms with Gasteiger partial charge in [-0.15, -0.1) is 0 Å². The number of nitrogens with one attached hydrogen (secondary N) is 2. The molecule has 0 aliphatic heterocycles. The molecule has 3 aromatic rings. The van der Waals surface area contributed by atoms with Crippen LogP contribution in [0, 0.1) is 0 Å². The van der Waals surface area contributed by atoms with Crippen LogP contribution in [0.15, 0.2) is 76.2 Å². The minimum atomic E-state index is -4.04. The Morgan fingerprint density at radius 3 is 2.44 bits per heavy atom. The topological polar surface area (TPSA) is 132 Å². The molecule has 0 aliphatic carbocycles. The zero-order valence-electron chi connectivity index (χ0n) is 16.4. The van der Waals surface area contributed by atoms with Crippen LogP contribution in [-0.4, -0.2) is 32.8 Å². The summed E-state index contributed by atoms with van der Waals surface area (Å²) in [5.74, 6) is -2.73. The van der Waals surface area contributed by atoms with Gasteiger partial charge in [-0.3, -0.25) is 14.9 Å². The molecule has 32 heavy (non-hydrogen) atoms. The first-order valence-corrected chi connectivity index (χ1v) is 11.0. The van der Waals surface area contributed by atoms with Gasteiger partial charge in [-0.25, -0.2) is 17.9 Å². The monoisotopic (exact) mass is 476 g/mol. The van der Waals surface area contributed by atoms with E-state index in [1.807, 2.05) is 5.32 Å². The number of halogens is 1. The highest BCUT2D eigenvalue weighted by Gasteiger charge is 2.21. The van der Waals surface area contributed by atoms with Crippen molar-refractivity contribution in [2.45, 2.75) is 11.4 Å². The van der Waals surface area contributed by atoms with Gasteiger partial charge in [-0.2, -0.15) is 0 Å². The van der Waals surface area contributed by atoms with Crippen LogP contribution in [0.2, 0.25) is 5.02 Å². The molecule has 166 valence electrons. The zero-order chi connectivity index (χ0) is 23.1. The van der Waals surface area contributed by atoms with Crippen molar-refractivity contribution in [3.05, 3.63) is 88.8 Å². The Hall–Kier alpha value is -3.47. The molecule has 0 unspecified atom stereocenters. The van der Waals surface area contributed by atoms with Crippen molar-refractivity contribution in [2.75, 3.05) is 6.61 Å². The Balaban J connectivity index is 1.63. The van der Waals surface area contributed by atoms with E-state index < -0.39 is 34.4 Å². The first kappa shape index (κ1) is 23.2. The van der Waals surface area contributed by atoms with Gasteiger partial charge in [0.15, 0.2) is 12.4 Å². The summed E-state index contributed by atoms with van der Waals surface area (Å²) < 4.78 is 37.4. The average molecular weight is 477 g/mol. The fourth-order valence-corrected chi connectivity index (χ4v) is 4.08. The van der Waals surface area contributed by atoms with E-state index in [0.29, 0.717) is 0 Å². The molecule has 0 saturated heterocycles. The van der Waals surface area contributed by atoms with Crippen molar-refractivity contribution in [1.29, 1.82) is 0 Å². The van der Waals surface area contributed by atoms with Crippen molar-refractivity contribution in [1.82, 2.24) is 10.0 Å². The fraction of sp³-hybridized carbons (Fsp3) is 0.0952. The Bertz CT molecular complexity index is 1230. The van der Waals surface area contributed by atoms with Gasteiger partial charge in [0.2, 0.25) is 10.0 Å². The van der Waals surface area contributed by atoms with Gasteiger partial charge in [0.25, 0.3) is 11.8 Å². The summed E-state index contributed by atoms with van der Waals surface area (Å²) in [4.78, 5) is 35.5. The van der Waals surface area contributed by atoms with Crippen molar-refractivity contribution in [3.63, 3.8) is 0 Å². The number of ether oxygens (including phenoxy) is 1. The number of imide groups is 1. The van der Waals surface area contributed by atoms with Crippen molar-refractivity contribution in [3.8, 4) is 0 Å². The number of benzene rings is 2. The van der Waals surface area contributed by atoms with Crippen molar-refractivity contribution in [2.24, 2.45) is 0 Å². The molecule has 0 saturated carbocycles. The van der Waals surface area contributed by atoms with Gasteiger partial charge in [0.1, 0.15) is 4.90 Å². The van der Waals surface area contributed by atoms with Crippen molar-refractivity contribution >= 4 is 39.4 Å². The first-order chi connectivity index (χ1) is 15.3. The van der Waals surface area contributed by atoms with Crippen LogP contribution in [0.3, 0.4) is 0 Å². The number of hydrogen-bond acceptors (Lipinski definition) is 7. The summed E-state index contributed by atoms with van der Waals surface area (Å²) in [6, 6.07) is 15.2. The largest absolute Gasteiger partial charge is 0.459 e. The minimum absolute atomic E-state index is 0.0258. The maximum Gasteiger partial charge on any atom is 0.338 e. The maximum atomic E-state index is 12.6. The number of amides is 2. The molecule has 0 fully saturated rings. The predicted molar refractivity (Wildman–Crippen MR) is 113 cm³/mol. The summed E-state index contributed by atoms with van der Waals surface area (Å²) in [7, 11) is -4.04. The fourth-order valence-electron chi connectivity index (χ4n) is 2.53. The first-order valence-electron chi connectivity index (χ1n) is 9.14. The van der Waals surface area contributed by atoms with Crippen LogP contribution in [0.4, 0.5) is 0 Å². The minimum Gasteiger partial charge on any atom is -0.459 e. The van der Waals surface area contributed by atoms with E-state index in [-0.39, 0.29) is 27.8 Å². The number of carbonyl (C=O) groups excluding carboxylic acids is 3. The van der Waals surface area contributed by atoms with E-state index in [2.05, 4.69) is 4.72 Å². The van der Waals surface area contributed by atoms with Gasteiger partial charge >= 0.3 is 5.97 Å². The third-order valence-electron chi connectivity index (χ3n) is 4.10. The van der Waals surface area contributed by atoms with E-state index in [1.54, 1.807) is 30.3 Å². The number of sulfonamides is 1. The van der Waals surface area contributed by atoms with E-state index in [4.69, 9.17) is 20.8 Å². The molecule has 3 rings (SSSR count). The number of rotatable bonds is 8. The SMILES string of the molecule is O=C(COC(=O)c1ccc(Cl)c(S(=O)(=O)NCc2ccccc2)c1)NC(=O)c1ccco1. The van der Waals surface area contributed by atoms with Gasteiger partial charge in [0, 0.05) is 6.54 Å². The lowest BCUT2D eigenvalue weighted by molar-refractivity contribution is -0.123. The quantitative estimate of drug-likeness (QED) is 0.477. The highest BCUT2D eigenvalue weighted by molar-refractivity contribution is 7.89. The molecule has 1 aromatic heterocycles. The lowest BCUT2D eigenvalue weighted by Gasteiger charge is -2.10. The van der Waals surface area contributed by atoms with Crippen LogP contribution in [0.1, 0.15) is 26.5 Å². The second kappa shape index (κ2) is 10.2. The summed E-state index contributed by atoms with van der Waals surface area (Å²) in [6.45, 7) is -0.736. The summed E-state index contributed by atoms with van der Waals surface area (Å²) in [6.07, 6.45) is 1.26. The van der Waals surface area contributed by atoms with Gasteiger partial charge in [-0.05, 0) is 35.9 Å². The van der Waals surface area contributed by atoms with E-state index in [9.17, 15) is 22.8 Å².